The van der Waals surface area contributed by atoms with Gasteiger partial charge in [0.05, 0.1) is 16.7 Å². The Balaban J connectivity index is 1.73. The molecule has 0 saturated heterocycles. The van der Waals surface area contributed by atoms with Crippen molar-refractivity contribution in [3.8, 4) is 17.2 Å². The number of esters is 4. The van der Waals surface area contributed by atoms with E-state index in [0.29, 0.717) is 0 Å². The first-order chi connectivity index (χ1) is 22.2. The molecule has 2 aliphatic rings. The number of fused-ring (bicyclic) bond motifs is 3. The number of benzene rings is 3. The summed E-state index contributed by atoms with van der Waals surface area (Å²) in [6, 6.07) is 15.9. The minimum Gasteiger partial charge on any atom is -0.459 e. The maximum atomic E-state index is 14.7. The summed E-state index contributed by atoms with van der Waals surface area (Å²) in [5.41, 5.74) is -2.07. The monoisotopic (exact) mass is 636 g/mol. The molecule has 11 heteroatoms. The van der Waals surface area contributed by atoms with Crippen LogP contribution in [0.3, 0.4) is 0 Å². The number of carbonyl (C=O) groups excluding carboxylic acids is 6. The highest BCUT2D eigenvalue weighted by molar-refractivity contribution is 6.14. The van der Waals surface area contributed by atoms with E-state index in [0.717, 1.165) is 13.8 Å². The van der Waals surface area contributed by atoms with Gasteiger partial charge in [-0.2, -0.15) is 0 Å². The number of ether oxygens (including phenoxy) is 5. The molecule has 0 spiro atoms. The number of allylic oxidation sites excluding steroid dienone is 3. The number of ketones is 2. The number of hydrogen-bond donors (Lipinski definition) is 0. The van der Waals surface area contributed by atoms with Gasteiger partial charge >= 0.3 is 23.9 Å². The summed E-state index contributed by atoms with van der Waals surface area (Å²) in [4.78, 5) is 78.4. The molecule has 0 aromatic heterocycles. The van der Waals surface area contributed by atoms with Gasteiger partial charge in [0.15, 0.2) is 17.3 Å². The highest BCUT2D eigenvalue weighted by Crippen LogP contribution is 2.59. The summed E-state index contributed by atoms with van der Waals surface area (Å²) in [7, 11) is 0. The fourth-order valence-electron chi connectivity index (χ4n) is 5.39. The van der Waals surface area contributed by atoms with E-state index >= 15 is 0 Å². The molecule has 0 radical (unpaired) electrons. The first kappa shape index (κ1) is 32.3. The van der Waals surface area contributed by atoms with Gasteiger partial charge in [-0.05, 0) is 45.0 Å². The molecular weight excluding hydrogens is 608 g/mol. The van der Waals surface area contributed by atoms with Gasteiger partial charge in [0.25, 0.3) is 0 Å². The molecule has 3 aromatic rings. The molecule has 0 saturated carbocycles. The molecule has 3 aromatic carbocycles. The highest BCUT2D eigenvalue weighted by atomic mass is 16.6. The van der Waals surface area contributed by atoms with Crippen LogP contribution in [-0.4, -0.2) is 35.4 Å². The van der Waals surface area contributed by atoms with Crippen molar-refractivity contribution in [1.82, 2.24) is 0 Å². The molecule has 47 heavy (non-hydrogen) atoms. The van der Waals surface area contributed by atoms with Gasteiger partial charge in [0.2, 0.25) is 0 Å². The lowest BCUT2D eigenvalue weighted by atomic mass is 9.71. The Morgan fingerprint density at radius 2 is 1.30 bits per heavy atom. The highest BCUT2D eigenvalue weighted by Gasteiger charge is 2.57. The second kappa shape index (κ2) is 12.4. The van der Waals surface area contributed by atoms with E-state index in [9.17, 15) is 28.8 Å². The first-order valence-electron chi connectivity index (χ1n) is 14.3. The third-order valence-electron chi connectivity index (χ3n) is 7.54. The smallest absolute Gasteiger partial charge is 0.343 e. The van der Waals surface area contributed by atoms with Crippen LogP contribution < -0.4 is 14.2 Å². The summed E-state index contributed by atoms with van der Waals surface area (Å²) in [6.07, 6.45) is 1.24. The predicted molar refractivity (Wildman–Crippen MR) is 165 cm³/mol. The largest absolute Gasteiger partial charge is 0.459 e. The van der Waals surface area contributed by atoms with Crippen molar-refractivity contribution in [2.45, 2.75) is 40.0 Å². The zero-order valence-corrected chi connectivity index (χ0v) is 26.0. The van der Waals surface area contributed by atoms with Gasteiger partial charge in [-0.15, -0.1) is 0 Å². The third kappa shape index (κ3) is 5.74. The summed E-state index contributed by atoms with van der Waals surface area (Å²) in [6.45, 7) is 10.2. The molecule has 5 rings (SSSR count). The van der Waals surface area contributed by atoms with Crippen LogP contribution >= 0.6 is 0 Å². The molecule has 0 bridgehead atoms. The number of Topliss-reactive ketones (excluding diaryl/α,β-unsaturated/α-hetero) is 2. The van der Waals surface area contributed by atoms with Crippen molar-refractivity contribution >= 4 is 35.4 Å². The van der Waals surface area contributed by atoms with Crippen molar-refractivity contribution in [2.75, 3.05) is 0 Å². The minimum atomic E-state index is -1.84. The quantitative estimate of drug-likeness (QED) is 0.131. The second-order valence-electron chi connectivity index (χ2n) is 10.8. The fourth-order valence-corrected chi connectivity index (χ4v) is 5.39. The standard InChI is InChI=1S/C36H28O11/c1-18-30(44-21(4)38)27(19(2)37)32-29(31(18)45-22(5)39)36(6)26(47-32)17-25(46-35(42)24-15-11-8-12-16-24)28(33(36)40)20(3)43-34(41)23-13-9-7-10-14-23/h7-17H,3H2,1-2,4-6H3/t36-/m0/s1. The Labute approximate surface area is 269 Å². The van der Waals surface area contributed by atoms with Crippen LogP contribution in [0.2, 0.25) is 0 Å². The molecule has 0 fully saturated rings. The molecule has 1 heterocycles. The van der Waals surface area contributed by atoms with Crippen LogP contribution in [0.1, 0.15) is 69.9 Å². The Hall–Kier alpha value is -6.10. The van der Waals surface area contributed by atoms with Gasteiger partial charge in [0.1, 0.15) is 45.3 Å². The summed E-state index contributed by atoms with van der Waals surface area (Å²) in [5, 5.41) is 0. The van der Waals surface area contributed by atoms with E-state index in [4.69, 9.17) is 23.7 Å². The molecule has 0 unspecified atom stereocenters. The molecule has 0 N–H and O–H groups in total. The molecule has 1 atom stereocenters. The molecule has 0 amide bonds. The van der Waals surface area contributed by atoms with Crippen molar-refractivity contribution in [3.05, 3.63) is 124 Å². The predicted octanol–water partition coefficient (Wildman–Crippen LogP) is 5.65. The van der Waals surface area contributed by atoms with Crippen molar-refractivity contribution < 1.29 is 52.5 Å². The molecule has 238 valence electrons. The zero-order valence-electron chi connectivity index (χ0n) is 26.0. The fraction of sp³-hybridized carbons (Fsp3) is 0.167. The molecule has 1 aliphatic heterocycles. The van der Waals surface area contributed by atoms with E-state index in [1.165, 1.54) is 51.1 Å². The van der Waals surface area contributed by atoms with E-state index in [-0.39, 0.29) is 62.2 Å². The summed E-state index contributed by atoms with van der Waals surface area (Å²) < 4.78 is 28.3. The number of rotatable bonds is 8. The van der Waals surface area contributed by atoms with Crippen LogP contribution in [0.25, 0.3) is 0 Å². The second-order valence-corrected chi connectivity index (χ2v) is 10.8. The topological polar surface area (TPSA) is 149 Å². The van der Waals surface area contributed by atoms with Gasteiger partial charge in [0, 0.05) is 25.5 Å². The summed E-state index contributed by atoms with van der Waals surface area (Å²) >= 11 is 0. The minimum absolute atomic E-state index is 0.0318. The first-order valence-corrected chi connectivity index (χ1v) is 14.3. The Morgan fingerprint density at radius 3 is 1.83 bits per heavy atom. The normalized spacial score (nSPS) is 16.2. The lowest BCUT2D eigenvalue weighted by Crippen LogP contribution is -2.39. The van der Waals surface area contributed by atoms with Gasteiger partial charge < -0.3 is 23.7 Å². The van der Waals surface area contributed by atoms with Crippen LogP contribution in [0.15, 0.2) is 96.2 Å². The maximum Gasteiger partial charge on any atom is 0.343 e. The van der Waals surface area contributed by atoms with E-state index in [1.54, 1.807) is 36.4 Å². The van der Waals surface area contributed by atoms with Crippen LogP contribution in [0.5, 0.6) is 17.2 Å². The van der Waals surface area contributed by atoms with Gasteiger partial charge in [-0.1, -0.05) is 43.0 Å². The average Bonchev–Trinajstić information content (AvgIpc) is 3.32. The number of carbonyl (C=O) groups is 6. The van der Waals surface area contributed by atoms with E-state index in [1.807, 2.05) is 0 Å². The van der Waals surface area contributed by atoms with Gasteiger partial charge in [-0.25, -0.2) is 9.59 Å². The summed E-state index contributed by atoms with van der Waals surface area (Å²) in [5.74, 6) is -6.18. The SMILES string of the molecule is C=C(OC(=O)c1ccccc1)C1=C(OC(=O)c2ccccc2)C=C2Oc3c(C(C)=O)c(OC(C)=O)c(C)c(OC(C)=O)c3[C@@]2(C)C1=O. The third-order valence-corrected chi connectivity index (χ3v) is 7.54. The van der Waals surface area contributed by atoms with E-state index in [2.05, 4.69) is 6.58 Å². The van der Waals surface area contributed by atoms with Crippen molar-refractivity contribution in [3.63, 3.8) is 0 Å². The Bertz CT molecular complexity index is 1970. The van der Waals surface area contributed by atoms with Crippen molar-refractivity contribution in [1.29, 1.82) is 0 Å². The lowest BCUT2D eigenvalue weighted by Gasteiger charge is -2.30. The van der Waals surface area contributed by atoms with Gasteiger partial charge in [-0.3, -0.25) is 19.2 Å². The van der Waals surface area contributed by atoms with Crippen LogP contribution in [-0.2, 0) is 29.3 Å². The molecule has 11 nitrogen and oxygen atoms in total. The molecular formula is C36H28O11. The lowest BCUT2D eigenvalue weighted by molar-refractivity contribution is -0.132. The molecule has 1 aliphatic carbocycles. The Morgan fingerprint density at radius 1 is 0.766 bits per heavy atom. The number of hydrogen-bond acceptors (Lipinski definition) is 11. The van der Waals surface area contributed by atoms with E-state index < -0.39 is 46.6 Å². The average molecular weight is 637 g/mol. The zero-order chi connectivity index (χ0) is 34.2. The maximum absolute atomic E-state index is 14.7. The Kier molecular flexibility index (Phi) is 8.49. The van der Waals surface area contributed by atoms with Crippen LogP contribution in [0, 0.1) is 6.92 Å². The van der Waals surface area contributed by atoms with Crippen molar-refractivity contribution in [2.24, 2.45) is 0 Å². The van der Waals surface area contributed by atoms with Crippen LogP contribution in [0.4, 0.5) is 0 Å².